The maximum absolute atomic E-state index is 2.30. The van der Waals surface area contributed by atoms with Gasteiger partial charge in [-0.05, 0) is 43.4 Å². The summed E-state index contributed by atoms with van der Waals surface area (Å²) in [5.74, 6) is 4.14. The van der Waals surface area contributed by atoms with Crippen molar-refractivity contribution in [2.45, 2.75) is 64.7 Å². The molecular formula is C13H23. The molecule has 0 aromatic heterocycles. The van der Waals surface area contributed by atoms with Gasteiger partial charge in [0.1, 0.15) is 0 Å². The number of fused-ring (bicyclic) bond motifs is 2. The monoisotopic (exact) mass is 179 g/mol. The summed E-state index contributed by atoms with van der Waals surface area (Å²) in [6.45, 7) is 2.30. The predicted octanol–water partition coefficient (Wildman–Crippen LogP) is 4.35. The maximum Gasteiger partial charge on any atom is -0.0235 e. The third-order valence-corrected chi connectivity index (χ3v) is 4.07. The third kappa shape index (κ3) is 2.27. The molecule has 0 saturated heterocycles. The molecule has 1 radical (unpaired) electrons. The highest BCUT2D eigenvalue weighted by Crippen LogP contribution is 2.51. The minimum atomic E-state index is 1.11. The van der Waals surface area contributed by atoms with E-state index in [9.17, 15) is 0 Å². The molecule has 2 rings (SSSR count). The molecule has 2 aliphatic carbocycles. The lowest BCUT2D eigenvalue weighted by Gasteiger charge is -2.20. The fourth-order valence-corrected chi connectivity index (χ4v) is 3.26. The summed E-state index contributed by atoms with van der Waals surface area (Å²) in [5.41, 5.74) is 0. The van der Waals surface area contributed by atoms with Crippen LogP contribution in [0.1, 0.15) is 64.7 Å². The largest absolute Gasteiger partial charge is 0.0654 e. The molecule has 13 heavy (non-hydrogen) atoms. The van der Waals surface area contributed by atoms with E-state index in [1.165, 1.54) is 57.8 Å². The fraction of sp³-hybridized carbons (Fsp3) is 0.923. The molecule has 2 fully saturated rings. The van der Waals surface area contributed by atoms with E-state index in [-0.39, 0.29) is 0 Å². The average Bonchev–Trinajstić information content (AvgIpc) is 2.73. The highest BCUT2D eigenvalue weighted by Gasteiger charge is 2.38. The second-order valence-corrected chi connectivity index (χ2v) is 5.07. The van der Waals surface area contributed by atoms with Crippen LogP contribution >= 0.6 is 0 Å². The number of hydrogen-bond acceptors (Lipinski definition) is 0. The molecular weight excluding hydrogens is 156 g/mol. The SMILES string of the molecule is CCCCCCC1C[C]2CCC1C2. The van der Waals surface area contributed by atoms with Crippen molar-refractivity contribution in [3.8, 4) is 0 Å². The summed E-state index contributed by atoms with van der Waals surface area (Å²) in [4.78, 5) is 0. The van der Waals surface area contributed by atoms with E-state index in [4.69, 9.17) is 0 Å². The first-order valence-corrected chi connectivity index (χ1v) is 6.23. The highest BCUT2D eigenvalue weighted by atomic mass is 14.4. The Balaban J connectivity index is 1.60. The van der Waals surface area contributed by atoms with Gasteiger partial charge in [0, 0.05) is 0 Å². The Morgan fingerprint density at radius 3 is 2.69 bits per heavy atom. The molecule has 75 valence electrons. The van der Waals surface area contributed by atoms with Crippen LogP contribution in [-0.4, -0.2) is 0 Å². The molecule has 0 heteroatoms. The molecule has 0 N–H and O–H groups in total. The lowest BCUT2D eigenvalue weighted by atomic mass is 9.85. The van der Waals surface area contributed by atoms with Gasteiger partial charge in [0.2, 0.25) is 0 Å². The van der Waals surface area contributed by atoms with Crippen LogP contribution in [0.15, 0.2) is 0 Å². The zero-order chi connectivity index (χ0) is 9.10. The van der Waals surface area contributed by atoms with Crippen molar-refractivity contribution in [2.75, 3.05) is 0 Å². The van der Waals surface area contributed by atoms with Crippen LogP contribution in [-0.2, 0) is 0 Å². The van der Waals surface area contributed by atoms with Crippen LogP contribution in [0.25, 0.3) is 0 Å². The van der Waals surface area contributed by atoms with Gasteiger partial charge in [-0.3, -0.25) is 0 Å². The van der Waals surface area contributed by atoms with Gasteiger partial charge in [-0.2, -0.15) is 0 Å². The zero-order valence-corrected chi connectivity index (χ0v) is 9.02. The van der Waals surface area contributed by atoms with Crippen molar-refractivity contribution >= 4 is 0 Å². The van der Waals surface area contributed by atoms with Gasteiger partial charge in [-0.15, -0.1) is 0 Å². The van der Waals surface area contributed by atoms with Crippen molar-refractivity contribution in [1.29, 1.82) is 0 Å². The molecule has 2 unspecified atom stereocenters. The summed E-state index contributed by atoms with van der Waals surface area (Å²) >= 11 is 0. The van der Waals surface area contributed by atoms with Crippen molar-refractivity contribution in [2.24, 2.45) is 11.8 Å². The molecule has 0 amide bonds. The molecule has 0 aromatic rings. The van der Waals surface area contributed by atoms with E-state index >= 15 is 0 Å². The topological polar surface area (TPSA) is 0 Å². The van der Waals surface area contributed by atoms with Crippen LogP contribution in [0.5, 0.6) is 0 Å². The molecule has 0 aromatic carbocycles. The highest BCUT2D eigenvalue weighted by molar-refractivity contribution is 5.08. The fourth-order valence-electron chi connectivity index (χ4n) is 3.26. The molecule has 0 spiro atoms. The van der Waals surface area contributed by atoms with E-state index in [0.29, 0.717) is 0 Å². The Morgan fingerprint density at radius 2 is 2.08 bits per heavy atom. The summed E-state index contributed by atoms with van der Waals surface area (Å²) in [5, 5.41) is 0. The molecule has 0 nitrogen and oxygen atoms in total. The molecule has 2 saturated carbocycles. The van der Waals surface area contributed by atoms with Gasteiger partial charge >= 0.3 is 0 Å². The Labute approximate surface area is 83.1 Å². The quantitative estimate of drug-likeness (QED) is 0.550. The van der Waals surface area contributed by atoms with Gasteiger partial charge in [0.15, 0.2) is 0 Å². The lowest BCUT2D eigenvalue weighted by Crippen LogP contribution is -2.09. The molecule has 2 atom stereocenters. The minimum absolute atomic E-state index is 1.11. The van der Waals surface area contributed by atoms with E-state index < -0.39 is 0 Å². The summed E-state index contributed by atoms with van der Waals surface area (Å²) in [7, 11) is 0. The first kappa shape index (κ1) is 9.55. The van der Waals surface area contributed by atoms with Crippen LogP contribution in [0.2, 0.25) is 0 Å². The Bertz CT molecular complexity index is 150. The van der Waals surface area contributed by atoms with Crippen molar-refractivity contribution < 1.29 is 0 Å². The lowest BCUT2D eigenvalue weighted by molar-refractivity contribution is 0.326. The second-order valence-electron chi connectivity index (χ2n) is 5.07. The van der Waals surface area contributed by atoms with Crippen LogP contribution in [0, 0.1) is 17.8 Å². The zero-order valence-electron chi connectivity index (χ0n) is 9.02. The van der Waals surface area contributed by atoms with Crippen LogP contribution in [0.3, 0.4) is 0 Å². The van der Waals surface area contributed by atoms with Gasteiger partial charge in [0.05, 0.1) is 0 Å². The Kier molecular flexibility index (Phi) is 3.29. The number of unbranched alkanes of at least 4 members (excludes halogenated alkanes) is 3. The molecule has 0 aliphatic heterocycles. The summed E-state index contributed by atoms with van der Waals surface area (Å²) < 4.78 is 0. The number of hydrogen-bond donors (Lipinski definition) is 0. The van der Waals surface area contributed by atoms with Gasteiger partial charge < -0.3 is 0 Å². The van der Waals surface area contributed by atoms with Crippen molar-refractivity contribution in [1.82, 2.24) is 0 Å². The maximum atomic E-state index is 2.30. The van der Waals surface area contributed by atoms with E-state index in [2.05, 4.69) is 6.92 Å². The Morgan fingerprint density at radius 1 is 1.15 bits per heavy atom. The minimum Gasteiger partial charge on any atom is -0.0654 e. The van der Waals surface area contributed by atoms with Crippen molar-refractivity contribution in [3.05, 3.63) is 5.92 Å². The summed E-state index contributed by atoms with van der Waals surface area (Å²) in [6, 6.07) is 0. The van der Waals surface area contributed by atoms with E-state index in [0.717, 1.165) is 11.8 Å². The van der Waals surface area contributed by atoms with Crippen LogP contribution in [0.4, 0.5) is 0 Å². The number of rotatable bonds is 5. The predicted molar refractivity (Wildman–Crippen MR) is 57.5 cm³/mol. The van der Waals surface area contributed by atoms with Gasteiger partial charge in [-0.25, -0.2) is 0 Å². The second kappa shape index (κ2) is 4.48. The van der Waals surface area contributed by atoms with Crippen LogP contribution < -0.4 is 0 Å². The normalized spacial score (nSPS) is 33.0. The Hall–Kier alpha value is 0. The third-order valence-electron chi connectivity index (χ3n) is 4.07. The summed E-state index contributed by atoms with van der Waals surface area (Å²) in [6.07, 6.45) is 13.4. The first-order chi connectivity index (χ1) is 6.40. The standard InChI is InChI=1S/C13H23/c1-2-3-4-5-6-12-9-11-7-8-13(12)10-11/h12-13H,2-10H2,1H3. The van der Waals surface area contributed by atoms with E-state index in [1.54, 1.807) is 0 Å². The van der Waals surface area contributed by atoms with Crippen molar-refractivity contribution in [3.63, 3.8) is 0 Å². The van der Waals surface area contributed by atoms with E-state index in [1.807, 2.05) is 5.92 Å². The molecule has 2 aliphatic rings. The molecule has 2 bridgehead atoms. The van der Waals surface area contributed by atoms with Gasteiger partial charge in [0.25, 0.3) is 0 Å². The van der Waals surface area contributed by atoms with Gasteiger partial charge in [-0.1, -0.05) is 39.0 Å². The first-order valence-electron chi connectivity index (χ1n) is 6.23. The molecule has 0 heterocycles. The average molecular weight is 179 g/mol. The smallest absolute Gasteiger partial charge is 0.0235 e.